The van der Waals surface area contributed by atoms with Crippen molar-refractivity contribution < 1.29 is 4.74 Å². The Kier molecular flexibility index (Phi) is 2.00. The zero-order valence-electron chi connectivity index (χ0n) is 8.03. The van der Waals surface area contributed by atoms with E-state index in [1.54, 1.807) is 4.68 Å². The predicted molar refractivity (Wildman–Crippen MR) is 50.1 cm³/mol. The highest BCUT2D eigenvalue weighted by Crippen LogP contribution is 2.31. The summed E-state index contributed by atoms with van der Waals surface area (Å²) in [6.07, 6.45) is 1.20. The second kappa shape index (κ2) is 3.03. The standard InChI is InChI=1S/C9H15N3O/c1-6-3-8(13-5-6)7-4-9(10)12(2)11-7/h4,6,8H,3,5,10H2,1-2H3. The lowest BCUT2D eigenvalue weighted by Crippen LogP contribution is -1.99. The Labute approximate surface area is 77.7 Å². The molecule has 0 bridgehead atoms. The van der Waals surface area contributed by atoms with Crippen LogP contribution in [-0.2, 0) is 11.8 Å². The quantitative estimate of drug-likeness (QED) is 0.705. The molecule has 1 aromatic heterocycles. The van der Waals surface area contributed by atoms with Gasteiger partial charge in [-0.3, -0.25) is 4.68 Å². The van der Waals surface area contributed by atoms with Crippen LogP contribution in [0.4, 0.5) is 5.82 Å². The average molecular weight is 181 g/mol. The van der Waals surface area contributed by atoms with E-state index in [1.807, 2.05) is 13.1 Å². The molecule has 2 N–H and O–H groups in total. The molecule has 1 aliphatic heterocycles. The first kappa shape index (κ1) is 8.56. The van der Waals surface area contributed by atoms with Crippen LogP contribution in [0.5, 0.6) is 0 Å². The molecule has 1 fully saturated rings. The highest BCUT2D eigenvalue weighted by Gasteiger charge is 2.25. The zero-order chi connectivity index (χ0) is 9.42. The molecule has 4 heteroatoms. The largest absolute Gasteiger partial charge is 0.384 e. The molecule has 0 aromatic carbocycles. The van der Waals surface area contributed by atoms with Crippen molar-refractivity contribution in [3.8, 4) is 0 Å². The molecule has 13 heavy (non-hydrogen) atoms. The Balaban J connectivity index is 2.17. The first-order valence-corrected chi connectivity index (χ1v) is 4.58. The fourth-order valence-corrected chi connectivity index (χ4v) is 1.65. The average Bonchev–Trinajstić information content (AvgIpc) is 2.61. The third-order valence-corrected chi connectivity index (χ3v) is 2.46. The summed E-state index contributed by atoms with van der Waals surface area (Å²) in [4.78, 5) is 0. The fourth-order valence-electron chi connectivity index (χ4n) is 1.65. The second-order valence-corrected chi connectivity index (χ2v) is 3.78. The minimum atomic E-state index is 0.151. The molecule has 1 aromatic rings. The van der Waals surface area contributed by atoms with Crippen LogP contribution < -0.4 is 5.73 Å². The van der Waals surface area contributed by atoms with Crippen LogP contribution in [0.1, 0.15) is 25.1 Å². The van der Waals surface area contributed by atoms with Crippen molar-refractivity contribution in [2.24, 2.45) is 13.0 Å². The van der Waals surface area contributed by atoms with Gasteiger partial charge in [0.15, 0.2) is 0 Å². The van der Waals surface area contributed by atoms with Crippen molar-refractivity contribution in [3.05, 3.63) is 11.8 Å². The van der Waals surface area contributed by atoms with Gasteiger partial charge >= 0.3 is 0 Å². The Bertz CT molecular complexity index is 288. The normalized spacial score (nSPS) is 28.2. The summed E-state index contributed by atoms with van der Waals surface area (Å²) in [5.74, 6) is 1.33. The van der Waals surface area contributed by atoms with Crippen molar-refractivity contribution in [2.45, 2.75) is 19.4 Å². The maximum Gasteiger partial charge on any atom is 0.121 e. The maximum atomic E-state index is 5.69. The SMILES string of the molecule is CC1COC(c2cc(N)n(C)n2)C1. The summed E-state index contributed by atoms with van der Waals surface area (Å²) in [6.45, 7) is 3.02. The lowest BCUT2D eigenvalue weighted by molar-refractivity contribution is 0.104. The van der Waals surface area contributed by atoms with E-state index in [-0.39, 0.29) is 6.10 Å². The van der Waals surface area contributed by atoms with Gasteiger partial charge in [-0.15, -0.1) is 0 Å². The van der Waals surface area contributed by atoms with Gasteiger partial charge in [0, 0.05) is 13.1 Å². The zero-order valence-corrected chi connectivity index (χ0v) is 8.03. The van der Waals surface area contributed by atoms with E-state index in [0.717, 1.165) is 18.7 Å². The van der Waals surface area contributed by atoms with Crippen LogP contribution in [0.3, 0.4) is 0 Å². The maximum absolute atomic E-state index is 5.69. The highest BCUT2D eigenvalue weighted by atomic mass is 16.5. The van der Waals surface area contributed by atoms with Crippen LogP contribution in [0, 0.1) is 5.92 Å². The van der Waals surface area contributed by atoms with Gasteiger partial charge in [-0.2, -0.15) is 5.10 Å². The summed E-state index contributed by atoms with van der Waals surface area (Å²) < 4.78 is 7.27. The minimum absolute atomic E-state index is 0.151. The number of hydrogen-bond acceptors (Lipinski definition) is 3. The number of rotatable bonds is 1. The number of aryl methyl sites for hydroxylation is 1. The fraction of sp³-hybridized carbons (Fsp3) is 0.667. The van der Waals surface area contributed by atoms with E-state index in [2.05, 4.69) is 12.0 Å². The molecule has 0 aliphatic carbocycles. The van der Waals surface area contributed by atoms with Crippen LogP contribution in [0.2, 0.25) is 0 Å². The summed E-state index contributed by atoms with van der Waals surface area (Å²) in [5.41, 5.74) is 6.65. The molecule has 0 amide bonds. The van der Waals surface area contributed by atoms with Crippen molar-refractivity contribution in [1.29, 1.82) is 0 Å². The third-order valence-electron chi connectivity index (χ3n) is 2.46. The number of ether oxygens (including phenoxy) is 1. The van der Waals surface area contributed by atoms with Crippen LogP contribution in [-0.4, -0.2) is 16.4 Å². The van der Waals surface area contributed by atoms with Crippen LogP contribution in [0.15, 0.2) is 6.07 Å². The van der Waals surface area contributed by atoms with Gasteiger partial charge in [-0.1, -0.05) is 6.92 Å². The molecule has 2 unspecified atom stereocenters. The monoisotopic (exact) mass is 181 g/mol. The molecule has 1 saturated heterocycles. The van der Waals surface area contributed by atoms with E-state index in [1.165, 1.54) is 0 Å². The molecule has 2 rings (SSSR count). The molecule has 0 spiro atoms. The number of nitrogens with two attached hydrogens (primary N) is 1. The predicted octanol–water partition coefficient (Wildman–Crippen LogP) is 1.10. The van der Waals surface area contributed by atoms with Gasteiger partial charge in [0.1, 0.15) is 11.9 Å². The number of anilines is 1. The number of nitrogens with zero attached hydrogens (tertiary/aromatic N) is 2. The molecule has 2 heterocycles. The van der Waals surface area contributed by atoms with Crippen molar-refractivity contribution in [1.82, 2.24) is 9.78 Å². The lowest BCUT2D eigenvalue weighted by Gasteiger charge is -2.03. The Morgan fingerprint density at radius 3 is 2.92 bits per heavy atom. The number of hydrogen-bond donors (Lipinski definition) is 1. The number of aromatic nitrogens is 2. The van der Waals surface area contributed by atoms with Gasteiger partial charge < -0.3 is 10.5 Å². The van der Waals surface area contributed by atoms with E-state index >= 15 is 0 Å². The van der Waals surface area contributed by atoms with Crippen LogP contribution >= 0.6 is 0 Å². The smallest absolute Gasteiger partial charge is 0.121 e. The third kappa shape index (κ3) is 1.54. The van der Waals surface area contributed by atoms with Gasteiger partial charge in [-0.05, 0) is 12.3 Å². The molecule has 1 aliphatic rings. The Hall–Kier alpha value is -1.03. The first-order chi connectivity index (χ1) is 6.16. The van der Waals surface area contributed by atoms with E-state index in [0.29, 0.717) is 11.7 Å². The van der Waals surface area contributed by atoms with Crippen LogP contribution in [0.25, 0.3) is 0 Å². The molecule has 0 saturated carbocycles. The summed E-state index contributed by atoms with van der Waals surface area (Å²) >= 11 is 0. The minimum Gasteiger partial charge on any atom is -0.384 e. The topological polar surface area (TPSA) is 53.1 Å². The van der Waals surface area contributed by atoms with E-state index < -0.39 is 0 Å². The van der Waals surface area contributed by atoms with Crippen molar-refractivity contribution in [2.75, 3.05) is 12.3 Å². The summed E-state index contributed by atoms with van der Waals surface area (Å²) in [6, 6.07) is 1.89. The molecule has 2 atom stereocenters. The molecular weight excluding hydrogens is 166 g/mol. The van der Waals surface area contributed by atoms with Gasteiger partial charge in [0.25, 0.3) is 0 Å². The lowest BCUT2D eigenvalue weighted by atomic mass is 10.1. The first-order valence-electron chi connectivity index (χ1n) is 4.58. The van der Waals surface area contributed by atoms with E-state index in [9.17, 15) is 0 Å². The van der Waals surface area contributed by atoms with E-state index in [4.69, 9.17) is 10.5 Å². The Morgan fingerprint density at radius 1 is 1.69 bits per heavy atom. The summed E-state index contributed by atoms with van der Waals surface area (Å²) in [5, 5.41) is 4.29. The Morgan fingerprint density at radius 2 is 2.46 bits per heavy atom. The van der Waals surface area contributed by atoms with Crippen molar-refractivity contribution >= 4 is 5.82 Å². The number of nitrogen functional groups attached to an aromatic ring is 1. The van der Waals surface area contributed by atoms with Crippen molar-refractivity contribution in [3.63, 3.8) is 0 Å². The molecule has 72 valence electrons. The van der Waals surface area contributed by atoms with Gasteiger partial charge in [0.05, 0.1) is 12.3 Å². The summed E-state index contributed by atoms with van der Waals surface area (Å²) in [7, 11) is 1.84. The second-order valence-electron chi connectivity index (χ2n) is 3.78. The highest BCUT2D eigenvalue weighted by molar-refractivity contribution is 5.31. The van der Waals surface area contributed by atoms with Gasteiger partial charge in [-0.25, -0.2) is 0 Å². The molecule has 0 radical (unpaired) electrons. The molecular formula is C9H15N3O. The van der Waals surface area contributed by atoms with Gasteiger partial charge in [0.2, 0.25) is 0 Å². The molecule has 4 nitrogen and oxygen atoms in total.